The van der Waals surface area contributed by atoms with Crippen LogP contribution in [0, 0.1) is 0 Å². The van der Waals surface area contributed by atoms with E-state index in [1.54, 1.807) is 29.5 Å². The molecule has 0 aliphatic carbocycles. The van der Waals surface area contributed by atoms with Crippen molar-refractivity contribution in [1.82, 2.24) is 4.90 Å². The molecule has 0 aliphatic rings. The maximum absolute atomic E-state index is 12.6. The van der Waals surface area contributed by atoms with Crippen molar-refractivity contribution in [3.05, 3.63) is 57.8 Å². The Morgan fingerprint density at radius 1 is 1.26 bits per heavy atom. The highest BCUT2D eigenvalue weighted by Gasteiger charge is 2.19. The Morgan fingerprint density at radius 3 is 2.65 bits per heavy atom. The van der Waals surface area contributed by atoms with Crippen molar-refractivity contribution in [2.75, 3.05) is 6.54 Å². The zero-order valence-electron chi connectivity index (χ0n) is 13.4. The largest absolute Gasteiger partial charge is 0.478 e. The summed E-state index contributed by atoms with van der Waals surface area (Å²) in [6.45, 7) is 4.66. The Hall–Kier alpha value is -2.14. The topological polar surface area (TPSA) is 57.6 Å². The second kappa shape index (κ2) is 7.92. The van der Waals surface area contributed by atoms with Crippen molar-refractivity contribution in [1.29, 1.82) is 0 Å². The second-order valence-corrected chi connectivity index (χ2v) is 6.33. The molecule has 1 amide bonds. The SMILES string of the molecule is CCN(C(=O)Cc1cccc(C(=O)O)c1)C(C)Cc1ccsc1. The standard InChI is InChI=1S/C18H21NO3S/c1-3-19(13(2)9-15-7-8-23-12-15)17(20)11-14-5-4-6-16(10-14)18(21)22/h4-8,10,12-13H,3,9,11H2,1-2H3,(H,21,22). The number of likely N-dealkylation sites (N-methyl/N-ethyl adjacent to an activating group) is 1. The summed E-state index contributed by atoms with van der Waals surface area (Å²) in [6.07, 6.45) is 1.06. The predicted octanol–water partition coefficient (Wildman–Crippen LogP) is 3.47. The number of carbonyl (C=O) groups is 2. The van der Waals surface area contributed by atoms with Gasteiger partial charge in [-0.25, -0.2) is 4.79 Å². The van der Waals surface area contributed by atoms with E-state index in [9.17, 15) is 9.59 Å². The summed E-state index contributed by atoms with van der Waals surface area (Å²) in [7, 11) is 0. The first-order valence-electron chi connectivity index (χ1n) is 7.64. The molecule has 0 saturated carbocycles. The van der Waals surface area contributed by atoms with Crippen molar-refractivity contribution in [2.45, 2.75) is 32.7 Å². The lowest BCUT2D eigenvalue weighted by Gasteiger charge is -2.28. The molecule has 0 spiro atoms. The molecule has 0 bridgehead atoms. The molecule has 5 heteroatoms. The summed E-state index contributed by atoms with van der Waals surface area (Å²) >= 11 is 1.66. The van der Waals surface area contributed by atoms with Gasteiger partial charge in [-0.3, -0.25) is 4.79 Å². The molecule has 0 fully saturated rings. The van der Waals surface area contributed by atoms with E-state index in [0.29, 0.717) is 6.54 Å². The van der Waals surface area contributed by atoms with Gasteiger partial charge in [-0.1, -0.05) is 12.1 Å². The lowest BCUT2D eigenvalue weighted by molar-refractivity contribution is -0.132. The first-order valence-corrected chi connectivity index (χ1v) is 8.58. The van der Waals surface area contributed by atoms with Crippen molar-refractivity contribution in [3.63, 3.8) is 0 Å². The average molecular weight is 331 g/mol. The van der Waals surface area contributed by atoms with Crippen LogP contribution in [0.15, 0.2) is 41.1 Å². The monoisotopic (exact) mass is 331 g/mol. The minimum absolute atomic E-state index is 0.0257. The minimum Gasteiger partial charge on any atom is -0.478 e. The molecule has 0 radical (unpaired) electrons. The third-order valence-corrected chi connectivity index (χ3v) is 4.57. The summed E-state index contributed by atoms with van der Waals surface area (Å²) in [5.41, 5.74) is 2.18. The maximum Gasteiger partial charge on any atom is 0.335 e. The number of thiophene rings is 1. The highest BCUT2D eigenvalue weighted by molar-refractivity contribution is 7.07. The van der Waals surface area contributed by atoms with Gasteiger partial charge in [-0.05, 0) is 60.4 Å². The third kappa shape index (κ3) is 4.66. The van der Waals surface area contributed by atoms with Crippen LogP contribution in [0.1, 0.15) is 35.3 Å². The Labute approximate surface area is 140 Å². The van der Waals surface area contributed by atoms with Gasteiger partial charge in [0.15, 0.2) is 0 Å². The number of carboxylic acids is 1. The average Bonchev–Trinajstić information content (AvgIpc) is 3.01. The predicted molar refractivity (Wildman–Crippen MR) is 92.0 cm³/mol. The molecule has 1 heterocycles. The van der Waals surface area contributed by atoms with Gasteiger partial charge < -0.3 is 10.0 Å². The molecular formula is C18H21NO3S. The van der Waals surface area contributed by atoms with Crippen LogP contribution in [0.2, 0.25) is 0 Å². The summed E-state index contributed by atoms with van der Waals surface area (Å²) in [4.78, 5) is 25.4. The van der Waals surface area contributed by atoms with Gasteiger partial charge in [-0.2, -0.15) is 11.3 Å². The quantitative estimate of drug-likeness (QED) is 0.845. The maximum atomic E-state index is 12.6. The second-order valence-electron chi connectivity index (χ2n) is 5.55. The number of hydrogen-bond donors (Lipinski definition) is 1. The van der Waals surface area contributed by atoms with Crippen LogP contribution in [0.4, 0.5) is 0 Å². The van der Waals surface area contributed by atoms with E-state index in [1.807, 2.05) is 24.1 Å². The van der Waals surface area contributed by atoms with Crippen LogP contribution in [-0.2, 0) is 17.6 Å². The lowest BCUT2D eigenvalue weighted by Crippen LogP contribution is -2.40. The number of aromatic carboxylic acids is 1. The van der Waals surface area contributed by atoms with Crippen molar-refractivity contribution < 1.29 is 14.7 Å². The number of carboxylic acid groups (broad SMARTS) is 1. The van der Waals surface area contributed by atoms with Gasteiger partial charge in [0.2, 0.25) is 5.91 Å². The van der Waals surface area contributed by atoms with Crippen molar-refractivity contribution >= 4 is 23.2 Å². The Balaban J connectivity index is 2.04. The zero-order valence-corrected chi connectivity index (χ0v) is 14.2. The van der Waals surface area contributed by atoms with E-state index >= 15 is 0 Å². The number of nitrogens with zero attached hydrogens (tertiary/aromatic N) is 1. The van der Waals surface area contributed by atoms with E-state index < -0.39 is 5.97 Å². The first kappa shape index (κ1) is 17.2. The summed E-state index contributed by atoms with van der Waals surface area (Å²) in [6, 6.07) is 8.77. The number of amides is 1. The highest BCUT2D eigenvalue weighted by Crippen LogP contribution is 2.14. The summed E-state index contributed by atoms with van der Waals surface area (Å²) in [5.74, 6) is -0.949. The van der Waals surface area contributed by atoms with E-state index in [0.717, 1.165) is 12.0 Å². The van der Waals surface area contributed by atoms with Gasteiger partial charge in [0.1, 0.15) is 0 Å². The van der Waals surface area contributed by atoms with Gasteiger partial charge in [0.25, 0.3) is 0 Å². The third-order valence-electron chi connectivity index (χ3n) is 3.83. The first-order chi connectivity index (χ1) is 11.0. The molecule has 1 aromatic carbocycles. The Bertz CT molecular complexity index is 667. The molecule has 2 rings (SSSR count). The molecule has 1 unspecified atom stereocenters. The smallest absolute Gasteiger partial charge is 0.335 e. The molecule has 1 N–H and O–H groups in total. The number of benzene rings is 1. The highest BCUT2D eigenvalue weighted by atomic mass is 32.1. The molecule has 4 nitrogen and oxygen atoms in total. The van der Waals surface area contributed by atoms with Crippen LogP contribution in [0.5, 0.6) is 0 Å². The van der Waals surface area contributed by atoms with E-state index in [4.69, 9.17) is 5.11 Å². The van der Waals surface area contributed by atoms with Crippen molar-refractivity contribution in [3.8, 4) is 0 Å². The van der Waals surface area contributed by atoms with Gasteiger partial charge in [0, 0.05) is 12.6 Å². The number of carbonyl (C=O) groups excluding carboxylic acids is 1. The minimum atomic E-state index is -0.975. The van der Waals surface area contributed by atoms with Crippen LogP contribution < -0.4 is 0 Å². The molecule has 1 aromatic heterocycles. The zero-order chi connectivity index (χ0) is 16.8. The normalized spacial score (nSPS) is 11.9. The molecule has 1 atom stereocenters. The van der Waals surface area contributed by atoms with Crippen LogP contribution in [0.3, 0.4) is 0 Å². The molecule has 122 valence electrons. The van der Waals surface area contributed by atoms with Crippen LogP contribution in [-0.4, -0.2) is 34.5 Å². The Morgan fingerprint density at radius 2 is 2.04 bits per heavy atom. The Kier molecular flexibility index (Phi) is 5.93. The molecule has 0 aliphatic heterocycles. The fraction of sp³-hybridized carbons (Fsp3) is 0.333. The number of hydrogen-bond acceptors (Lipinski definition) is 3. The molecular weight excluding hydrogens is 310 g/mol. The molecule has 23 heavy (non-hydrogen) atoms. The number of rotatable bonds is 7. The van der Waals surface area contributed by atoms with E-state index in [1.165, 1.54) is 11.6 Å². The summed E-state index contributed by atoms with van der Waals surface area (Å²) < 4.78 is 0. The fourth-order valence-corrected chi connectivity index (χ4v) is 3.37. The van der Waals surface area contributed by atoms with E-state index in [-0.39, 0.29) is 23.9 Å². The van der Waals surface area contributed by atoms with Gasteiger partial charge in [0.05, 0.1) is 12.0 Å². The van der Waals surface area contributed by atoms with Crippen molar-refractivity contribution in [2.24, 2.45) is 0 Å². The fourth-order valence-electron chi connectivity index (χ4n) is 2.68. The molecule has 2 aromatic rings. The van der Waals surface area contributed by atoms with Gasteiger partial charge >= 0.3 is 5.97 Å². The van der Waals surface area contributed by atoms with Gasteiger partial charge in [-0.15, -0.1) is 0 Å². The van der Waals surface area contributed by atoms with Crippen LogP contribution >= 0.6 is 11.3 Å². The molecule has 0 saturated heterocycles. The van der Waals surface area contributed by atoms with Crippen LogP contribution in [0.25, 0.3) is 0 Å². The van der Waals surface area contributed by atoms with E-state index in [2.05, 4.69) is 11.4 Å². The summed E-state index contributed by atoms with van der Waals surface area (Å²) in [5, 5.41) is 13.2. The lowest BCUT2D eigenvalue weighted by atomic mass is 10.1.